The van der Waals surface area contributed by atoms with Crippen molar-refractivity contribution in [3.8, 4) is 0 Å². The third-order valence-corrected chi connectivity index (χ3v) is 14.2. The van der Waals surface area contributed by atoms with Crippen LogP contribution in [0, 0.1) is 17.3 Å². The number of esters is 1. The van der Waals surface area contributed by atoms with E-state index < -0.39 is 35.8 Å². The molecule has 0 radical (unpaired) electrons. The molecule has 0 aliphatic rings. The maximum atomic E-state index is 13.9. The van der Waals surface area contributed by atoms with Gasteiger partial charge in [0.2, 0.25) is 5.91 Å². The van der Waals surface area contributed by atoms with Gasteiger partial charge >= 0.3 is 12.0 Å². The molecule has 5 N–H and O–H groups in total. The van der Waals surface area contributed by atoms with Gasteiger partial charge in [0, 0.05) is 64.8 Å². The van der Waals surface area contributed by atoms with Gasteiger partial charge in [-0.3, -0.25) is 19.2 Å². The molecular weight excluding hydrogens is 1100 g/mol. The van der Waals surface area contributed by atoms with E-state index in [1.54, 1.807) is 58.7 Å². The van der Waals surface area contributed by atoms with Gasteiger partial charge in [-0.1, -0.05) is 98.7 Å². The summed E-state index contributed by atoms with van der Waals surface area (Å²) in [6, 6.07) is 5.27. The number of hydrogen-bond acceptors (Lipinski definition) is 19. The van der Waals surface area contributed by atoms with E-state index in [-0.39, 0.29) is 65.6 Å². The van der Waals surface area contributed by atoms with Gasteiger partial charge < -0.3 is 64.4 Å². The van der Waals surface area contributed by atoms with Crippen molar-refractivity contribution in [2.24, 2.45) is 28.1 Å². The highest BCUT2D eigenvalue weighted by molar-refractivity contribution is 8.02. The number of ketones is 1. The first-order valence-corrected chi connectivity index (χ1v) is 30.6. The molecule has 2 rings (SSSR count). The van der Waals surface area contributed by atoms with Crippen molar-refractivity contribution in [3.05, 3.63) is 41.7 Å². The molecule has 4 amide bonds. The van der Waals surface area contributed by atoms with Crippen molar-refractivity contribution < 1.29 is 66.7 Å². The highest BCUT2D eigenvalue weighted by Crippen LogP contribution is 2.27. The molecule has 24 heteroatoms. The van der Waals surface area contributed by atoms with Crippen molar-refractivity contribution in [2.45, 2.75) is 150 Å². The fourth-order valence-electron chi connectivity index (χ4n) is 7.04. The molecule has 0 unspecified atom stereocenters. The van der Waals surface area contributed by atoms with Crippen LogP contribution in [0.1, 0.15) is 126 Å². The van der Waals surface area contributed by atoms with Crippen LogP contribution in [0.25, 0.3) is 0 Å². The van der Waals surface area contributed by atoms with Gasteiger partial charge in [-0.05, 0) is 54.7 Å². The monoisotopic (exact) mass is 1200 g/mol. The van der Waals surface area contributed by atoms with Crippen LogP contribution in [0.3, 0.4) is 0 Å². The Hall–Kier alpha value is -4.40. The Morgan fingerprint density at radius 2 is 1.24 bits per heavy atom. The molecule has 0 saturated carbocycles. The maximum Gasteiger partial charge on any atom is 0.312 e. The lowest BCUT2D eigenvalue weighted by molar-refractivity contribution is -0.145. The largest absolute Gasteiger partial charge is 0.461 e. The van der Waals surface area contributed by atoms with Gasteiger partial charge in [-0.15, -0.1) is 28.6 Å². The number of oxime groups is 1. The molecular formula is C58H100N8O14S2. The zero-order chi connectivity index (χ0) is 60.7. The summed E-state index contributed by atoms with van der Waals surface area (Å²) >= 11 is 3.48. The van der Waals surface area contributed by atoms with Crippen molar-refractivity contribution in [1.82, 2.24) is 25.6 Å². The summed E-state index contributed by atoms with van der Waals surface area (Å²) < 4.78 is 46.1. The number of primary amides is 1. The van der Waals surface area contributed by atoms with E-state index in [1.165, 1.54) is 0 Å². The number of amides is 4. The molecule has 1 aromatic heterocycles. The quantitative estimate of drug-likeness (QED) is 0.0217. The lowest BCUT2D eigenvalue weighted by atomic mass is 9.90. The highest BCUT2D eigenvalue weighted by Gasteiger charge is 2.29. The predicted octanol–water partition coefficient (Wildman–Crippen LogP) is 7.44. The molecule has 0 saturated heterocycles. The summed E-state index contributed by atoms with van der Waals surface area (Å²) in [5, 5.41) is 20.9. The van der Waals surface area contributed by atoms with E-state index in [9.17, 15) is 24.0 Å². The number of carbonyl (C=O) groups excluding carboxylic acids is 5. The molecule has 22 nitrogen and oxygen atoms in total. The molecule has 0 fully saturated rings. The van der Waals surface area contributed by atoms with E-state index in [0.717, 1.165) is 18.7 Å². The Morgan fingerprint density at radius 3 is 1.74 bits per heavy atom. The predicted molar refractivity (Wildman–Crippen MR) is 322 cm³/mol. The number of nitrogens with two attached hydrogens (primary N) is 1. The number of benzene rings is 1. The van der Waals surface area contributed by atoms with E-state index in [0.29, 0.717) is 140 Å². The summed E-state index contributed by atoms with van der Waals surface area (Å²) in [5.74, 6) is -1.05. The van der Waals surface area contributed by atoms with Crippen LogP contribution < -0.4 is 21.7 Å². The summed E-state index contributed by atoms with van der Waals surface area (Å²) in [7, 11) is 0. The fourth-order valence-corrected chi connectivity index (χ4v) is 8.68. The van der Waals surface area contributed by atoms with Gasteiger partial charge in [0.15, 0.2) is 12.4 Å². The molecule has 0 aliphatic heterocycles. The zero-order valence-electron chi connectivity index (χ0n) is 51.1. The maximum absolute atomic E-state index is 13.9. The first-order valence-electron chi connectivity index (χ1n) is 28.7. The zero-order valence-corrected chi connectivity index (χ0v) is 52.7. The summed E-state index contributed by atoms with van der Waals surface area (Å²) in [4.78, 5) is 70.4. The van der Waals surface area contributed by atoms with E-state index in [1.807, 2.05) is 13.8 Å². The van der Waals surface area contributed by atoms with E-state index >= 15 is 0 Å². The Morgan fingerprint density at radius 1 is 0.720 bits per heavy atom. The SMILES string of the molecule is CC(C)C[C@H](NC(=O)CON=C(CSC(C)(C)C)CSC(C)(C)C)C(=O)C[C@@H](CCCNC(N)=O)C(=O)Nc1ccc(COC(=O)CCc2cn(CCOCCOCCOCCOCCOCCOCCOCCC(C)(C)C)nn2)cc1. The summed E-state index contributed by atoms with van der Waals surface area (Å²) in [6.07, 6.45) is 4.07. The molecule has 0 aliphatic carbocycles. The van der Waals surface area contributed by atoms with Crippen molar-refractivity contribution in [1.29, 1.82) is 0 Å². The first kappa shape index (κ1) is 73.7. The van der Waals surface area contributed by atoms with Gasteiger partial charge in [0.25, 0.3) is 5.91 Å². The number of thioether (sulfide) groups is 2. The molecule has 1 heterocycles. The number of rotatable bonds is 47. The third kappa shape index (κ3) is 41.6. The smallest absolute Gasteiger partial charge is 0.312 e. The van der Waals surface area contributed by atoms with Crippen LogP contribution in [0.2, 0.25) is 0 Å². The molecule has 2 aromatic rings. The molecule has 468 valence electrons. The second-order valence-corrected chi connectivity index (χ2v) is 26.8. The number of urea groups is 1. The first-order chi connectivity index (χ1) is 38.9. The van der Waals surface area contributed by atoms with Crippen molar-refractivity contribution in [2.75, 3.05) is 122 Å². The van der Waals surface area contributed by atoms with Crippen LogP contribution in [0.4, 0.5) is 10.5 Å². The minimum atomic E-state index is -0.865. The van der Waals surface area contributed by atoms with E-state index in [4.69, 9.17) is 48.5 Å². The van der Waals surface area contributed by atoms with Crippen LogP contribution >= 0.6 is 23.5 Å². The van der Waals surface area contributed by atoms with E-state index in [2.05, 4.69) is 93.7 Å². The second-order valence-electron chi connectivity index (χ2n) is 23.2. The number of carbonyl (C=O) groups is 5. The number of aromatic nitrogens is 3. The second kappa shape index (κ2) is 42.4. The Balaban J connectivity index is 1.69. The Kier molecular flexibility index (Phi) is 38.1. The average molecular weight is 1200 g/mol. The van der Waals surface area contributed by atoms with Crippen molar-refractivity contribution >= 4 is 64.5 Å². The number of nitrogens with one attached hydrogen (secondary N) is 3. The number of hydrogen-bond donors (Lipinski definition) is 4. The summed E-state index contributed by atoms with van der Waals surface area (Å²) in [5.41, 5.74) is 8.17. The molecule has 82 heavy (non-hydrogen) atoms. The number of Topliss-reactive ketones (excluding diaryl/α,β-unsaturated/α-hetero) is 1. The standard InChI is InChI=1S/C58H100N8O14S2/c1-44(2)37-50(62-52(68)41-80-64-49(42-81-57(6,7)8)43-82-58(9,10)11)51(67)38-46(13-12-21-60-55(59)71)54(70)61-47-16-14-45(15-17-47)40-79-53(69)19-18-48-39-66(65-63-48)22-24-73-26-28-75-30-32-77-34-36-78-35-33-76-31-29-74-27-25-72-23-20-56(3,4)5/h14-17,39,44,46,50H,12-13,18-38,40-43H2,1-11H3,(H,61,70)(H,62,68)(H3,59,60,71)/t46-,50+/m1/s1. The fraction of sp³-hybridized carbons (Fsp3) is 0.759. The van der Waals surface area contributed by atoms with Crippen LogP contribution in [-0.4, -0.2) is 183 Å². The number of anilines is 1. The van der Waals surface area contributed by atoms with Crippen LogP contribution in [0.15, 0.2) is 35.6 Å². The van der Waals surface area contributed by atoms with Crippen LogP contribution in [0.5, 0.6) is 0 Å². The average Bonchev–Trinajstić information content (AvgIpc) is 3.85. The minimum absolute atomic E-state index is 0.0184. The molecule has 0 bridgehead atoms. The third-order valence-electron chi connectivity index (χ3n) is 11.5. The number of aryl methyl sites for hydroxylation is 1. The lowest BCUT2D eigenvalue weighted by Gasteiger charge is -2.23. The van der Waals surface area contributed by atoms with Gasteiger partial charge in [0.05, 0.1) is 116 Å². The Labute approximate surface area is 496 Å². The molecule has 1 aromatic carbocycles. The van der Waals surface area contributed by atoms with Crippen molar-refractivity contribution in [3.63, 3.8) is 0 Å². The molecule has 2 atom stereocenters. The van der Waals surface area contributed by atoms with Gasteiger partial charge in [-0.25, -0.2) is 9.48 Å². The normalized spacial score (nSPS) is 12.7. The number of nitrogens with zero attached hydrogens (tertiary/aromatic N) is 4. The minimum Gasteiger partial charge on any atom is -0.461 e. The Bertz CT molecular complexity index is 2090. The van der Waals surface area contributed by atoms with Gasteiger partial charge in [0.1, 0.15) is 6.61 Å². The highest BCUT2D eigenvalue weighted by atomic mass is 32.2. The topological polar surface area (TPSA) is 274 Å². The lowest BCUT2D eigenvalue weighted by Crippen LogP contribution is -2.44. The van der Waals surface area contributed by atoms with Gasteiger partial charge in [-0.2, -0.15) is 0 Å². The summed E-state index contributed by atoms with van der Waals surface area (Å²) in [6.45, 7) is 30.6. The number of ether oxygens (including phenoxy) is 8. The van der Waals surface area contributed by atoms with Crippen LogP contribution in [-0.2, 0) is 81.5 Å². The molecule has 0 spiro atoms.